The molecule has 0 aliphatic rings. The largest absolute Gasteiger partial charge is 0.213 e. The van der Waals surface area contributed by atoms with E-state index in [2.05, 4.69) is 0 Å². The Kier molecular flexibility index (Phi) is 3.41. The van der Waals surface area contributed by atoms with Gasteiger partial charge in [0.15, 0.2) is 11.6 Å². The van der Waals surface area contributed by atoms with E-state index in [9.17, 15) is 17.2 Å². The molecular weight excluding hydrogens is 224 g/mol. The Morgan fingerprint density at radius 1 is 1.27 bits per heavy atom. The fourth-order valence-corrected chi connectivity index (χ4v) is 1.40. The summed E-state index contributed by atoms with van der Waals surface area (Å²) in [6.45, 7) is 0.0238. The second-order valence-corrected chi connectivity index (χ2v) is 5.36. The van der Waals surface area contributed by atoms with Crippen molar-refractivity contribution in [1.29, 1.82) is 0 Å². The Labute approximate surface area is 87.4 Å². The van der Waals surface area contributed by atoms with Crippen LogP contribution in [0.25, 0.3) is 0 Å². The number of hydrogen-bond donors (Lipinski definition) is 0. The van der Waals surface area contributed by atoms with Crippen molar-refractivity contribution in [3.63, 3.8) is 0 Å². The molecule has 0 spiro atoms. The third-order valence-electron chi connectivity index (χ3n) is 1.96. The summed E-state index contributed by atoms with van der Waals surface area (Å²) < 4.78 is 48.5. The Morgan fingerprint density at radius 2 is 1.87 bits per heavy atom. The van der Waals surface area contributed by atoms with Crippen LogP contribution in [0, 0.1) is 11.6 Å². The molecule has 0 atom stereocenters. The third-order valence-corrected chi connectivity index (χ3v) is 3.22. The lowest BCUT2D eigenvalue weighted by atomic mass is 10.2. The number of nitrogens with zero attached hydrogens (tertiary/aromatic N) is 1. The molecule has 0 N–H and O–H groups in total. The highest BCUT2D eigenvalue weighted by atomic mass is 32.2. The Hall–Kier alpha value is -1.01. The van der Waals surface area contributed by atoms with Gasteiger partial charge in [-0.2, -0.15) is 0 Å². The number of hydrogen-bond acceptors (Lipinski definition) is 2. The average Bonchev–Trinajstić information content (AvgIpc) is 2.10. The number of benzene rings is 1. The van der Waals surface area contributed by atoms with Gasteiger partial charge in [-0.05, 0) is 17.7 Å². The minimum atomic E-state index is -3.31. The molecule has 0 aliphatic heterocycles. The smallest absolute Gasteiger partial charge is 0.211 e. The van der Waals surface area contributed by atoms with E-state index in [-0.39, 0.29) is 6.54 Å². The summed E-state index contributed by atoms with van der Waals surface area (Å²) >= 11 is 0. The van der Waals surface area contributed by atoms with Crippen LogP contribution in [0.2, 0.25) is 0 Å². The van der Waals surface area contributed by atoms with Crippen molar-refractivity contribution in [3.05, 3.63) is 35.4 Å². The van der Waals surface area contributed by atoms with E-state index in [4.69, 9.17) is 0 Å². The predicted molar refractivity (Wildman–Crippen MR) is 52.7 cm³/mol. The molecule has 84 valence electrons. The van der Waals surface area contributed by atoms with E-state index >= 15 is 0 Å². The summed E-state index contributed by atoms with van der Waals surface area (Å²) in [5.74, 6) is -1.92. The number of halogens is 2. The summed E-state index contributed by atoms with van der Waals surface area (Å²) in [7, 11) is -1.94. The molecule has 1 aromatic rings. The van der Waals surface area contributed by atoms with E-state index < -0.39 is 21.7 Å². The molecule has 0 aliphatic carbocycles. The summed E-state index contributed by atoms with van der Waals surface area (Å²) in [6.07, 6.45) is 1.05. The highest BCUT2D eigenvalue weighted by Crippen LogP contribution is 2.11. The van der Waals surface area contributed by atoms with Gasteiger partial charge in [-0.15, -0.1) is 0 Å². The van der Waals surface area contributed by atoms with Gasteiger partial charge in [0, 0.05) is 13.6 Å². The molecule has 15 heavy (non-hydrogen) atoms. The highest BCUT2D eigenvalue weighted by molar-refractivity contribution is 7.88. The summed E-state index contributed by atoms with van der Waals surface area (Å²) in [6, 6.07) is 3.30. The van der Waals surface area contributed by atoms with E-state index in [1.54, 1.807) is 0 Å². The van der Waals surface area contributed by atoms with Crippen LogP contribution in [-0.2, 0) is 16.6 Å². The van der Waals surface area contributed by atoms with Crippen LogP contribution in [0.15, 0.2) is 18.2 Å². The van der Waals surface area contributed by atoms with Gasteiger partial charge < -0.3 is 0 Å². The van der Waals surface area contributed by atoms with Crippen molar-refractivity contribution in [2.45, 2.75) is 6.54 Å². The van der Waals surface area contributed by atoms with Crippen LogP contribution in [0.4, 0.5) is 8.78 Å². The molecule has 0 aromatic heterocycles. The quantitative estimate of drug-likeness (QED) is 0.793. The van der Waals surface area contributed by atoms with Crippen LogP contribution in [-0.4, -0.2) is 26.0 Å². The second kappa shape index (κ2) is 4.24. The van der Waals surface area contributed by atoms with E-state index in [0.717, 1.165) is 22.7 Å². The van der Waals surface area contributed by atoms with E-state index in [1.165, 1.54) is 13.1 Å². The molecule has 0 heterocycles. The van der Waals surface area contributed by atoms with Gasteiger partial charge in [0.25, 0.3) is 0 Å². The molecular formula is C9H11F2NO2S. The molecule has 3 nitrogen and oxygen atoms in total. The zero-order chi connectivity index (χ0) is 11.6. The highest BCUT2D eigenvalue weighted by Gasteiger charge is 2.12. The zero-order valence-corrected chi connectivity index (χ0v) is 9.18. The summed E-state index contributed by atoms with van der Waals surface area (Å²) in [5, 5.41) is 0. The monoisotopic (exact) mass is 235 g/mol. The third kappa shape index (κ3) is 3.24. The normalized spacial score (nSPS) is 12.1. The molecule has 0 unspecified atom stereocenters. The van der Waals surface area contributed by atoms with Crippen LogP contribution < -0.4 is 0 Å². The van der Waals surface area contributed by atoms with Crippen LogP contribution >= 0.6 is 0 Å². The summed E-state index contributed by atoms with van der Waals surface area (Å²) in [5.41, 5.74) is 0.404. The first kappa shape index (κ1) is 12.1. The first-order chi connectivity index (χ1) is 6.80. The second-order valence-electron chi connectivity index (χ2n) is 3.27. The molecule has 0 saturated carbocycles. The van der Waals surface area contributed by atoms with Gasteiger partial charge in [0.1, 0.15) is 0 Å². The minimum Gasteiger partial charge on any atom is -0.213 e. The maximum atomic E-state index is 12.8. The van der Waals surface area contributed by atoms with Gasteiger partial charge in [-0.25, -0.2) is 21.5 Å². The Morgan fingerprint density at radius 3 is 2.33 bits per heavy atom. The first-order valence-corrected chi connectivity index (χ1v) is 6.01. The first-order valence-electron chi connectivity index (χ1n) is 4.16. The standard InChI is InChI=1S/C9H11F2NO2S/c1-12(15(2,13)14)6-7-3-4-8(10)9(11)5-7/h3-5H,6H2,1-2H3. The molecule has 1 aromatic carbocycles. The molecule has 0 saturated heterocycles. The lowest BCUT2D eigenvalue weighted by Gasteiger charge is -2.13. The van der Waals surface area contributed by atoms with Crippen molar-refractivity contribution < 1.29 is 17.2 Å². The maximum Gasteiger partial charge on any atom is 0.211 e. The summed E-state index contributed by atoms with van der Waals surface area (Å²) in [4.78, 5) is 0. The van der Waals surface area contributed by atoms with Crippen molar-refractivity contribution >= 4 is 10.0 Å². The van der Waals surface area contributed by atoms with Crippen LogP contribution in [0.5, 0.6) is 0 Å². The molecule has 0 bridgehead atoms. The molecule has 1 rings (SSSR count). The average molecular weight is 235 g/mol. The fourth-order valence-electron chi connectivity index (χ4n) is 1.01. The topological polar surface area (TPSA) is 37.4 Å². The lowest BCUT2D eigenvalue weighted by Crippen LogP contribution is -2.24. The zero-order valence-electron chi connectivity index (χ0n) is 8.37. The van der Waals surface area contributed by atoms with Crippen LogP contribution in [0.3, 0.4) is 0 Å². The van der Waals surface area contributed by atoms with E-state index in [0.29, 0.717) is 5.56 Å². The van der Waals surface area contributed by atoms with Crippen LogP contribution in [0.1, 0.15) is 5.56 Å². The lowest BCUT2D eigenvalue weighted by molar-refractivity contribution is 0.466. The minimum absolute atomic E-state index is 0.0238. The van der Waals surface area contributed by atoms with Crippen molar-refractivity contribution in [2.75, 3.05) is 13.3 Å². The van der Waals surface area contributed by atoms with Crippen molar-refractivity contribution in [2.24, 2.45) is 0 Å². The Balaban J connectivity index is 2.87. The van der Waals surface area contributed by atoms with Gasteiger partial charge in [-0.3, -0.25) is 0 Å². The molecule has 0 fully saturated rings. The Bertz CT molecular complexity index is 459. The predicted octanol–water partition coefficient (Wildman–Crippen LogP) is 1.36. The van der Waals surface area contributed by atoms with E-state index in [1.807, 2.05) is 0 Å². The molecule has 6 heteroatoms. The van der Waals surface area contributed by atoms with Gasteiger partial charge in [-0.1, -0.05) is 6.07 Å². The number of rotatable bonds is 3. The number of sulfonamides is 1. The van der Waals surface area contributed by atoms with Gasteiger partial charge in [0.05, 0.1) is 6.26 Å². The SMILES string of the molecule is CN(Cc1ccc(F)c(F)c1)S(C)(=O)=O. The van der Waals surface area contributed by atoms with Crippen molar-refractivity contribution in [1.82, 2.24) is 4.31 Å². The van der Waals surface area contributed by atoms with Gasteiger partial charge in [0.2, 0.25) is 10.0 Å². The maximum absolute atomic E-state index is 12.8. The van der Waals surface area contributed by atoms with Crippen molar-refractivity contribution in [3.8, 4) is 0 Å². The molecule has 0 radical (unpaired) electrons. The fraction of sp³-hybridized carbons (Fsp3) is 0.333. The molecule has 0 amide bonds. The van der Waals surface area contributed by atoms with Gasteiger partial charge >= 0.3 is 0 Å².